The molecular formula is C20H37N3O2. The van der Waals surface area contributed by atoms with E-state index >= 15 is 0 Å². The first-order chi connectivity index (χ1) is 11.5. The first-order valence-corrected chi connectivity index (χ1v) is 9.80. The summed E-state index contributed by atoms with van der Waals surface area (Å²) < 4.78 is 0. The van der Waals surface area contributed by atoms with Gasteiger partial charge in [0.25, 0.3) is 0 Å². The van der Waals surface area contributed by atoms with Crippen LogP contribution in [0.1, 0.15) is 73.6 Å². The quantitative estimate of drug-likeness (QED) is 0.819. The van der Waals surface area contributed by atoms with Crippen molar-refractivity contribution in [3.63, 3.8) is 0 Å². The summed E-state index contributed by atoms with van der Waals surface area (Å²) in [7, 11) is 0. The molecule has 2 rings (SSSR count). The van der Waals surface area contributed by atoms with E-state index in [1.807, 2.05) is 20.8 Å². The minimum atomic E-state index is -0.358. The van der Waals surface area contributed by atoms with E-state index in [9.17, 15) is 9.59 Å². The van der Waals surface area contributed by atoms with Gasteiger partial charge in [0.1, 0.15) is 0 Å². The van der Waals surface area contributed by atoms with Gasteiger partial charge >= 0.3 is 0 Å². The zero-order chi connectivity index (χ0) is 18.8. The Labute approximate surface area is 153 Å². The van der Waals surface area contributed by atoms with Gasteiger partial charge in [-0.15, -0.1) is 0 Å². The van der Waals surface area contributed by atoms with Gasteiger partial charge in [-0.3, -0.25) is 9.59 Å². The number of rotatable bonds is 4. The van der Waals surface area contributed by atoms with Crippen molar-refractivity contribution in [2.75, 3.05) is 13.1 Å². The molecule has 5 heteroatoms. The van der Waals surface area contributed by atoms with E-state index in [-0.39, 0.29) is 29.3 Å². The molecular weight excluding hydrogens is 314 g/mol. The number of amides is 2. The molecule has 0 unspecified atom stereocenters. The monoisotopic (exact) mass is 351 g/mol. The van der Waals surface area contributed by atoms with Gasteiger partial charge in [0, 0.05) is 43.6 Å². The molecule has 0 aromatic heterocycles. The molecule has 1 saturated heterocycles. The van der Waals surface area contributed by atoms with Gasteiger partial charge in [-0.1, -0.05) is 34.6 Å². The van der Waals surface area contributed by atoms with E-state index in [1.54, 1.807) is 6.92 Å². The summed E-state index contributed by atoms with van der Waals surface area (Å²) in [6, 6.07) is 0.840. The van der Waals surface area contributed by atoms with Crippen LogP contribution >= 0.6 is 0 Å². The summed E-state index contributed by atoms with van der Waals surface area (Å²) >= 11 is 0. The molecule has 144 valence electrons. The average molecular weight is 352 g/mol. The van der Waals surface area contributed by atoms with E-state index in [4.69, 9.17) is 0 Å². The van der Waals surface area contributed by atoms with Crippen LogP contribution < -0.4 is 10.6 Å². The zero-order valence-electron chi connectivity index (χ0n) is 16.9. The first-order valence-electron chi connectivity index (χ1n) is 9.80. The van der Waals surface area contributed by atoms with Gasteiger partial charge in [0.2, 0.25) is 11.8 Å². The Kier molecular flexibility index (Phi) is 6.18. The Balaban J connectivity index is 2.08. The molecule has 1 aliphatic carbocycles. The molecule has 2 N–H and O–H groups in total. The molecule has 0 radical (unpaired) electrons. The van der Waals surface area contributed by atoms with Gasteiger partial charge in [0.05, 0.1) is 0 Å². The molecule has 0 bridgehead atoms. The van der Waals surface area contributed by atoms with Crippen molar-refractivity contribution in [3.05, 3.63) is 0 Å². The van der Waals surface area contributed by atoms with E-state index < -0.39 is 0 Å². The summed E-state index contributed by atoms with van der Waals surface area (Å²) in [5.74, 6) is 0.270. The van der Waals surface area contributed by atoms with Gasteiger partial charge in [-0.05, 0) is 37.5 Å². The number of hydrogen-bond acceptors (Lipinski definition) is 3. The van der Waals surface area contributed by atoms with Crippen LogP contribution in [-0.2, 0) is 9.59 Å². The summed E-state index contributed by atoms with van der Waals surface area (Å²) in [6.45, 7) is 13.7. The second kappa shape index (κ2) is 7.65. The lowest BCUT2D eigenvalue weighted by atomic mass is 9.74. The molecule has 1 heterocycles. The molecule has 2 amide bonds. The molecule has 2 atom stereocenters. The highest BCUT2D eigenvalue weighted by Crippen LogP contribution is 2.39. The molecule has 25 heavy (non-hydrogen) atoms. The van der Waals surface area contributed by atoms with Crippen molar-refractivity contribution in [1.29, 1.82) is 0 Å². The van der Waals surface area contributed by atoms with Crippen molar-refractivity contribution >= 4 is 11.8 Å². The van der Waals surface area contributed by atoms with Crippen LogP contribution in [0.2, 0.25) is 0 Å². The molecule has 2 aliphatic rings. The van der Waals surface area contributed by atoms with Gasteiger partial charge in [-0.2, -0.15) is 0 Å². The third-order valence-electron chi connectivity index (χ3n) is 5.77. The third-order valence-corrected chi connectivity index (χ3v) is 5.77. The number of hydrogen-bond donors (Lipinski definition) is 2. The largest absolute Gasteiger partial charge is 0.355 e. The Bertz CT molecular complexity index is 486. The number of nitrogens with one attached hydrogen (secondary N) is 2. The summed E-state index contributed by atoms with van der Waals surface area (Å²) in [4.78, 5) is 26.6. The lowest BCUT2D eigenvalue weighted by Crippen LogP contribution is -2.53. The fourth-order valence-corrected chi connectivity index (χ4v) is 4.11. The van der Waals surface area contributed by atoms with Crippen LogP contribution in [-0.4, -0.2) is 47.9 Å². The highest BCUT2D eigenvalue weighted by molar-refractivity contribution is 5.82. The molecule has 1 saturated carbocycles. The normalized spacial score (nSPS) is 27.1. The van der Waals surface area contributed by atoms with Crippen LogP contribution in [0.15, 0.2) is 0 Å². The van der Waals surface area contributed by atoms with E-state index in [0.29, 0.717) is 18.0 Å². The van der Waals surface area contributed by atoms with E-state index in [2.05, 4.69) is 29.4 Å². The lowest BCUT2D eigenvalue weighted by Gasteiger charge is -2.45. The number of carbonyl (C=O) groups excluding carboxylic acids is 2. The molecule has 1 aliphatic heterocycles. The average Bonchev–Trinajstić information content (AvgIpc) is 2.94. The summed E-state index contributed by atoms with van der Waals surface area (Å²) in [6.07, 6.45) is 5.48. The van der Waals surface area contributed by atoms with Crippen LogP contribution in [0.5, 0.6) is 0 Å². The second-order valence-electron chi connectivity index (χ2n) is 9.79. The van der Waals surface area contributed by atoms with Crippen molar-refractivity contribution in [3.8, 4) is 0 Å². The lowest BCUT2D eigenvalue weighted by molar-refractivity contribution is -0.146. The van der Waals surface area contributed by atoms with Crippen LogP contribution in [0.3, 0.4) is 0 Å². The topological polar surface area (TPSA) is 61.4 Å². The highest BCUT2D eigenvalue weighted by atomic mass is 16.2. The smallest absolute Gasteiger partial charge is 0.228 e. The minimum absolute atomic E-state index is 0.00221. The maximum Gasteiger partial charge on any atom is 0.228 e. The maximum absolute atomic E-state index is 13.2. The van der Waals surface area contributed by atoms with Crippen molar-refractivity contribution in [2.24, 2.45) is 10.8 Å². The second-order valence-corrected chi connectivity index (χ2v) is 9.79. The van der Waals surface area contributed by atoms with E-state index in [1.165, 1.54) is 12.8 Å². The minimum Gasteiger partial charge on any atom is -0.355 e. The SMILES string of the molecule is CC(=O)NC[C@@H]1C[C@H](N(C(=O)C(C)(C)C)C2CCC(C)(C)CC2)CN1. The van der Waals surface area contributed by atoms with E-state index in [0.717, 1.165) is 25.8 Å². The van der Waals surface area contributed by atoms with Crippen molar-refractivity contribution in [1.82, 2.24) is 15.5 Å². The fourth-order valence-electron chi connectivity index (χ4n) is 4.11. The maximum atomic E-state index is 13.2. The predicted octanol–water partition coefficient (Wildman–Crippen LogP) is 2.70. The Morgan fingerprint density at radius 3 is 2.28 bits per heavy atom. The zero-order valence-corrected chi connectivity index (χ0v) is 16.9. The fraction of sp³-hybridized carbons (Fsp3) is 0.900. The van der Waals surface area contributed by atoms with Crippen molar-refractivity contribution in [2.45, 2.75) is 91.8 Å². The van der Waals surface area contributed by atoms with Crippen LogP contribution in [0.25, 0.3) is 0 Å². The van der Waals surface area contributed by atoms with Gasteiger partial charge in [-0.25, -0.2) is 0 Å². The molecule has 0 aromatic rings. The summed E-state index contributed by atoms with van der Waals surface area (Å²) in [5.41, 5.74) is 0.0392. The van der Waals surface area contributed by atoms with Gasteiger partial charge in [0.15, 0.2) is 0 Å². The number of carbonyl (C=O) groups is 2. The van der Waals surface area contributed by atoms with Gasteiger partial charge < -0.3 is 15.5 Å². The Morgan fingerprint density at radius 1 is 1.16 bits per heavy atom. The Morgan fingerprint density at radius 2 is 1.76 bits per heavy atom. The highest BCUT2D eigenvalue weighted by Gasteiger charge is 2.41. The van der Waals surface area contributed by atoms with Crippen LogP contribution in [0.4, 0.5) is 0 Å². The molecule has 0 spiro atoms. The first kappa shape index (κ1) is 20.2. The standard InChI is InChI=1S/C20H37N3O2/c1-14(24)21-12-15-11-17(13-22-15)23(18(25)19(2,3)4)16-7-9-20(5,6)10-8-16/h15-17,22H,7-13H2,1-6H3,(H,21,24)/t15-,17-/m0/s1. The Hall–Kier alpha value is -1.10. The third kappa shape index (κ3) is 5.44. The molecule has 0 aromatic carbocycles. The molecule has 5 nitrogen and oxygen atoms in total. The van der Waals surface area contributed by atoms with Crippen molar-refractivity contribution < 1.29 is 9.59 Å². The molecule has 2 fully saturated rings. The van der Waals surface area contributed by atoms with Crippen LogP contribution in [0, 0.1) is 10.8 Å². The number of nitrogens with zero attached hydrogens (tertiary/aromatic N) is 1. The predicted molar refractivity (Wildman–Crippen MR) is 101 cm³/mol. The summed E-state index contributed by atoms with van der Waals surface area (Å²) in [5, 5.41) is 6.39.